The fourth-order valence-electron chi connectivity index (χ4n) is 4.58. The van der Waals surface area contributed by atoms with Gasteiger partial charge in [0.05, 0.1) is 45.4 Å². The van der Waals surface area contributed by atoms with Gasteiger partial charge in [0.15, 0.2) is 11.5 Å². The number of H-pyrrole nitrogens is 1. The van der Waals surface area contributed by atoms with Gasteiger partial charge in [-0.15, -0.1) is 0 Å². The number of nitriles is 1. The van der Waals surface area contributed by atoms with Gasteiger partial charge in [-0.2, -0.15) is 5.26 Å². The van der Waals surface area contributed by atoms with Crippen molar-refractivity contribution in [3.63, 3.8) is 0 Å². The van der Waals surface area contributed by atoms with Crippen LogP contribution in [0.4, 0.5) is 0 Å². The van der Waals surface area contributed by atoms with Crippen molar-refractivity contribution in [3.05, 3.63) is 94.5 Å². The number of hydrogen-bond donors (Lipinski definition) is 1. The SMILES string of the molecule is COc1ccc(-[n+]2[nH]oc(=O)c2C(=O)CSc2nc(-c3ccccc3)cc(-c3cc(OC)c(OC)c(OC)c3)c2C#N)cc1. The third kappa shape index (κ3) is 5.86. The minimum absolute atomic E-state index is 0.201. The summed E-state index contributed by atoms with van der Waals surface area (Å²) in [5, 5.41) is 13.1. The topological polar surface area (TPSA) is 141 Å². The van der Waals surface area contributed by atoms with E-state index in [1.54, 1.807) is 42.5 Å². The number of ether oxygens (including phenoxy) is 4. The first-order valence-corrected chi connectivity index (χ1v) is 14.2. The van der Waals surface area contributed by atoms with Gasteiger partial charge in [0.25, 0.3) is 0 Å². The number of nitrogens with zero attached hydrogens (tertiary/aromatic N) is 3. The van der Waals surface area contributed by atoms with Crippen LogP contribution >= 0.6 is 11.8 Å². The number of aromatic nitrogens is 3. The molecule has 3 aromatic carbocycles. The van der Waals surface area contributed by atoms with Crippen LogP contribution in [0, 0.1) is 11.3 Å². The highest BCUT2D eigenvalue weighted by atomic mass is 32.2. The summed E-state index contributed by atoms with van der Waals surface area (Å²) in [6.45, 7) is 0. The van der Waals surface area contributed by atoms with Gasteiger partial charge in [-0.1, -0.05) is 42.1 Å². The summed E-state index contributed by atoms with van der Waals surface area (Å²) in [5.41, 5.74) is 2.26. The Morgan fingerprint density at radius 3 is 2.20 bits per heavy atom. The molecule has 0 radical (unpaired) electrons. The Morgan fingerprint density at radius 1 is 0.932 bits per heavy atom. The van der Waals surface area contributed by atoms with Crippen LogP contribution in [0.15, 0.2) is 87.1 Å². The first-order chi connectivity index (χ1) is 21.4. The van der Waals surface area contributed by atoms with Gasteiger partial charge in [-0.3, -0.25) is 9.32 Å². The van der Waals surface area contributed by atoms with Crippen molar-refractivity contribution in [2.45, 2.75) is 5.03 Å². The molecule has 0 unspecified atom stereocenters. The number of aromatic amines is 1. The third-order valence-electron chi connectivity index (χ3n) is 6.72. The molecule has 2 heterocycles. The number of carbonyl (C=O) groups is 1. The zero-order valence-electron chi connectivity index (χ0n) is 24.2. The van der Waals surface area contributed by atoms with Crippen molar-refractivity contribution in [3.8, 4) is 57.1 Å². The van der Waals surface area contributed by atoms with E-state index in [1.807, 2.05) is 30.3 Å². The van der Waals surface area contributed by atoms with Crippen LogP contribution in [0.3, 0.4) is 0 Å². The quantitative estimate of drug-likeness (QED) is 0.125. The van der Waals surface area contributed by atoms with E-state index in [2.05, 4.69) is 11.3 Å². The Bertz CT molecular complexity index is 1890. The van der Waals surface area contributed by atoms with E-state index in [0.717, 1.165) is 17.3 Å². The molecule has 44 heavy (non-hydrogen) atoms. The number of carbonyl (C=O) groups excluding carboxylic acids is 1. The van der Waals surface area contributed by atoms with Crippen LogP contribution in [0.2, 0.25) is 0 Å². The average Bonchev–Trinajstić information content (AvgIpc) is 3.47. The maximum atomic E-state index is 13.5. The predicted octanol–water partition coefficient (Wildman–Crippen LogP) is 4.85. The van der Waals surface area contributed by atoms with E-state index >= 15 is 0 Å². The van der Waals surface area contributed by atoms with E-state index in [0.29, 0.717) is 50.5 Å². The Hall–Kier alpha value is -5.54. The molecule has 0 atom stereocenters. The van der Waals surface area contributed by atoms with E-state index < -0.39 is 11.4 Å². The van der Waals surface area contributed by atoms with Gasteiger partial charge in [0, 0.05) is 23.3 Å². The molecule has 0 saturated carbocycles. The van der Waals surface area contributed by atoms with Crippen molar-refractivity contribution in [2.75, 3.05) is 34.2 Å². The monoisotopic (exact) mass is 611 g/mol. The molecule has 5 aromatic rings. The molecular weight excluding hydrogens is 584 g/mol. The molecule has 11 nitrogen and oxygen atoms in total. The maximum Gasteiger partial charge on any atom is 0.438 e. The minimum atomic E-state index is -0.823. The van der Waals surface area contributed by atoms with Gasteiger partial charge in [0.1, 0.15) is 16.8 Å². The van der Waals surface area contributed by atoms with Gasteiger partial charge in [0.2, 0.25) is 17.2 Å². The lowest BCUT2D eigenvalue weighted by atomic mass is 9.98. The summed E-state index contributed by atoms with van der Waals surface area (Å²) in [4.78, 5) is 30.8. The van der Waals surface area contributed by atoms with Gasteiger partial charge >= 0.3 is 11.3 Å². The summed E-state index contributed by atoms with van der Waals surface area (Å²) < 4.78 is 28.0. The first-order valence-electron chi connectivity index (χ1n) is 13.2. The smallest absolute Gasteiger partial charge is 0.438 e. The normalized spacial score (nSPS) is 10.6. The van der Waals surface area contributed by atoms with Crippen LogP contribution in [-0.2, 0) is 0 Å². The van der Waals surface area contributed by atoms with Crippen LogP contribution in [0.1, 0.15) is 16.1 Å². The molecular formula is C32H27N4O7S+. The Balaban J connectivity index is 1.58. The Labute approximate surface area is 256 Å². The minimum Gasteiger partial charge on any atom is -0.497 e. The number of methoxy groups -OCH3 is 4. The van der Waals surface area contributed by atoms with Crippen LogP contribution < -0.4 is 29.3 Å². The molecule has 0 amide bonds. The zero-order valence-corrected chi connectivity index (χ0v) is 25.1. The van der Waals surface area contributed by atoms with Crippen LogP contribution in [0.5, 0.6) is 23.0 Å². The lowest BCUT2D eigenvalue weighted by molar-refractivity contribution is -0.672. The molecule has 0 saturated heterocycles. The summed E-state index contributed by atoms with van der Waals surface area (Å²) in [7, 11) is 6.07. The number of rotatable bonds is 11. The van der Waals surface area contributed by atoms with E-state index in [-0.39, 0.29) is 17.0 Å². The molecule has 222 valence electrons. The van der Waals surface area contributed by atoms with Gasteiger partial charge in [-0.25, -0.2) is 9.78 Å². The van der Waals surface area contributed by atoms with Crippen molar-refractivity contribution in [1.29, 1.82) is 5.26 Å². The fourth-order valence-corrected chi connectivity index (χ4v) is 5.45. The molecule has 0 aliphatic heterocycles. The molecule has 0 aliphatic carbocycles. The van der Waals surface area contributed by atoms with E-state index in [1.165, 1.54) is 33.1 Å². The fraction of sp³-hybridized carbons (Fsp3) is 0.156. The second-order valence-electron chi connectivity index (χ2n) is 9.20. The Kier molecular flexibility index (Phi) is 8.97. The lowest BCUT2D eigenvalue weighted by Gasteiger charge is -2.16. The summed E-state index contributed by atoms with van der Waals surface area (Å²) in [6, 6.07) is 23.7. The van der Waals surface area contributed by atoms with Gasteiger partial charge in [-0.05, 0) is 45.8 Å². The van der Waals surface area contributed by atoms with Gasteiger partial charge < -0.3 is 18.9 Å². The maximum absolute atomic E-state index is 13.5. The van der Waals surface area contributed by atoms with Crippen molar-refractivity contribution >= 4 is 17.5 Å². The zero-order chi connectivity index (χ0) is 31.2. The number of nitrogens with one attached hydrogen (secondary N) is 1. The molecule has 0 fully saturated rings. The highest BCUT2D eigenvalue weighted by Gasteiger charge is 2.31. The molecule has 0 bridgehead atoms. The molecule has 0 aliphatic rings. The number of hydrogen-bond acceptors (Lipinski definition) is 10. The van der Waals surface area contributed by atoms with E-state index in [4.69, 9.17) is 28.5 Å². The largest absolute Gasteiger partial charge is 0.497 e. The highest BCUT2D eigenvalue weighted by Crippen LogP contribution is 2.43. The van der Waals surface area contributed by atoms with Crippen LogP contribution in [0.25, 0.3) is 28.1 Å². The average molecular weight is 612 g/mol. The van der Waals surface area contributed by atoms with Crippen molar-refractivity contribution < 1.29 is 32.9 Å². The summed E-state index contributed by atoms with van der Waals surface area (Å²) in [5.74, 6) is 1.12. The number of Topliss-reactive ketones (excluding diaryl/α,β-unsaturated/α-hetero) is 1. The predicted molar refractivity (Wildman–Crippen MR) is 162 cm³/mol. The molecule has 0 spiro atoms. The summed E-state index contributed by atoms with van der Waals surface area (Å²) in [6.07, 6.45) is 0. The Morgan fingerprint density at radius 2 is 1.61 bits per heavy atom. The first kappa shape index (κ1) is 29.9. The number of ketones is 1. The summed E-state index contributed by atoms with van der Waals surface area (Å²) >= 11 is 1.04. The molecule has 12 heteroatoms. The second-order valence-corrected chi connectivity index (χ2v) is 10.2. The third-order valence-corrected chi connectivity index (χ3v) is 7.70. The number of benzene rings is 3. The lowest BCUT2D eigenvalue weighted by Crippen LogP contribution is -2.41. The molecule has 5 rings (SSSR count). The highest BCUT2D eigenvalue weighted by molar-refractivity contribution is 8.00. The van der Waals surface area contributed by atoms with Crippen molar-refractivity contribution in [2.24, 2.45) is 0 Å². The van der Waals surface area contributed by atoms with Crippen LogP contribution in [-0.4, -0.2) is 50.2 Å². The number of thioether (sulfide) groups is 1. The number of pyridine rings is 1. The second kappa shape index (κ2) is 13.2. The van der Waals surface area contributed by atoms with E-state index in [9.17, 15) is 14.9 Å². The molecule has 1 N–H and O–H groups in total. The standard InChI is InChI=1S/C32H26N4O7S/c1-39-22-12-10-21(11-13-22)36-29(32(38)43-35-36)26(37)18-44-31-24(17-33)23(16-25(34-31)19-8-6-5-7-9-19)20-14-27(40-2)30(42-4)28(15-20)41-3/h5-16H,18H2,1-4H3/p+1. The van der Waals surface area contributed by atoms with Crippen molar-refractivity contribution in [1.82, 2.24) is 10.3 Å². The molecule has 2 aromatic heterocycles.